The number of pyridine rings is 1. The minimum Gasteiger partial charge on any atom is -0.455 e. The van der Waals surface area contributed by atoms with Crippen LogP contribution in [0.4, 0.5) is 24.5 Å². The number of allylic oxidation sites excluding steroid dienone is 1. The fraction of sp³-hybridized carbons (Fsp3) is 0.508. The van der Waals surface area contributed by atoms with Gasteiger partial charge in [0.15, 0.2) is 10.8 Å². The van der Waals surface area contributed by atoms with Crippen LogP contribution in [-0.2, 0) is 20.3 Å². The number of unbranched alkanes of at least 4 members (excludes halogenated alkanes) is 4. The van der Waals surface area contributed by atoms with E-state index in [1.54, 1.807) is 38.7 Å². The Labute approximate surface area is 472 Å². The molecule has 426 valence electrons. The summed E-state index contributed by atoms with van der Waals surface area (Å²) in [4.78, 5) is 41.8. The van der Waals surface area contributed by atoms with Gasteiger partial charge in [0, 0.05) is 106 Å². The van der Waals surface area contributed by atoms with E-state index in [0.29, 0.717) is 36.5 Å². The molecule has 78 heavy (non-hydrogen) atoms. The van der Waals surface area contributed by atoms with Crippen molar-refractivity contribution in [2.45, 2.75) is 107 Å². The van der Waals surface area contributed by atoms with Gasteiger partial charge in [-0.1, -0.05) is 69.8 Å². The highest BCUT2D eigenvalue weighted by Gasteiger charge is 2.39. The number of fused-ring (bicyclic) bond motifs is 1. The lowest BCUT2D eigenvalue weighted by atomic mass is 9.72. The Morgan fingerprint density at radius 1 is 0.872 bits per heavy atom. The van der Waals surface area contributed by atoms with Gasteiger partial charge in [-0.3, -0.25) is 14.4 Å². The number of halogens is 4. The molecular weight excluding hydrogens is 1060 g/mol. The van der Waals surface area contributed by atoms with Crippen molar-refractivity contribution >= 4 is 74.5 Å². The molecule has 2 aromatic heterocycles. The van der Waals surface area contributed by atoms with Crippen molar-refractivity contribution in [2.24, 2.45) is 5.41 Å². The zero-order chi connectivity index (χ0) is 56.1. The van der Waals surface area contributed by atoms with Crippen LogP contribution in [0, 0.1) is 5.41 Å². The Kier molecular flexibility index (Phi) is 24.9. The molecule has 1 unspecified atom stereocenters. The molecule has 1 aliphatic carbocycles. The SMILES string of the molecule is CC.CC1(C)CCC(CN2CCN(c3ccc(C(=O)NSc4ccc(NCCCN5CCCN(CCCCCCC=O)CC5)c(S(=O)C(F)(F)F)c4)c(Oc4cnc5[nH]ccc5c4)c3)CC2)=C(c2ccc(Cl)cc2)C1.COC. The van der Waals surface area contributed by atoms with Crippen LogP contribution in [0.2, 0.25) is 5.02 Å². The topological polar surface area (TPSA) is 135 Å². The number of nitrogens with zero attached hydrogens (tertiary/aromatic N) is 5. The highest BCUT2D eigenvalue weighted by molar-refractivity contribution is 7.98. The van der Waals surface area contributed by atoms with Gasteiger partial charge >= 0.3 is 5.51 Å². The van der Waals surface area contributed by atoms with Crippen LogP contribution in [0.25, 0.3) is 16.6 Å². The first-order chi connectivity index (χ1) is 37.6. The number of aromatic amines is 1. The van der Waals surface area contributed by atoms with Crippen molar-refractivity contribution in [3.63, 3.8) is 0 Å². The molecule has 3 aliphatic rings. The number of hydrogen-bond acceptors (Lipinski definition) is 12. The Morgan fingerprint density at radius 2 is 1.56 bits per heavy atom. The molecule has 1 atom stereocenters. The Hall–Kier alpha value is -4.95. The number of piperazine rings is 1. The summed E-state index contributed by atoms with van der Waals surface area (Å²) in [6.07, 6.45) is 14.2. The van der Waals surface area contributed by atoms with Crippen molar-refractivity contribution < 1.29 is 36.4 Å². The van der Waals surface area contributed by atoms with Crippen molar-refractivity contribution in [3.05, 3.63) is 107 Å². The third-order valence-corrected chi connectivity index (χ3v) is 16.3. The van der Waals surface area contributed by atoms with Crippen molar-refractivity contribution in [2.75, 3.05) is 103 Å². The van der Waals surface area contributed by atoms with Crippen LogP contribution in [0.15, 0.2) is 101 Å². The van der Waals surface area contributed by atoms with E-state index in [4.69, 9.17) is 16.3 Å². The highest BCUT2D eigenvalue weighted by atomic mass is 35.5. The molecule has 3 aromatic carbocycles. The number of H-pyrrole nitrogens is 1. The number of aldehydes is 1. The van der Waals surface area contributed by atoms with E-state index in [1.165, 1.54) is 28.8 Å². The molecule has 0 radical (unpaired) electrons. The monoisotopic (exact) mass is 1140 g/mol. The number of rotatable bonds is 22. The van der Waals surface area contributed by atoms with Gasteiger partial charge < -0.3 is 39.3 Å². The number of carbonyl (C=O) groups is 2. The maximum absolute atomic E-state index is 14.1. The quantitative estimate of drug-likeness (QED) is 0.0346. The summed E-state index contributed by atoms with van der Waals surface area (Å²) < 4.78 is 68.6. The summed E-state index contributed by atoms with van der Waals surface area (Å²) in [5, 5.41) is 4.69. The number of ether oxygens (including phenoxy) is 2. The van der Waals surface area contributed by atoms with E-state index in [-0.39, 0.29) is 21.6 Å². The first-order valence-corrected chi connectivity index (χ1v) is 29.8. The van der Waals surface area contributed by atoms with Gasteiger partial charge in [0.1, 0.15) is 23.4 Å². The Morgan fingerprint density at radius 3 is 2.27 bits per heavy atom. The van der Waals surface area contributed by atoms with E-state index in [9.17, 15) is 27.0 Å². The number of hydrogen-bond donors (Lipinski definition) is 3. The maximum Gasteiger partial charge on any atom is 0.475 e. The van der Waals surface area contributed by atoms with E-state index < -0.39 is 27.1 Å². The largest absolute Gasteiger partial charge is 0.475 e. The van der Waals surface area contributed by atoms with Crippen LogP contribution < -0.4 is 19.7 Å². The lowest BCUT2D eigenvalue weighted by molar-refractivity contribution is -0.107. The zero-order valence-electron chi connectivity index (χ0n) is 46.3. The van der Waals surface area contributed by atoms with E-state index in [2.05, 4.69) is 70.3 Å². The van der Waals surface area contributed by atoms with E-state index in [1.807, 2.05) is 50.2 Å². The van der Waals surface area contributed by atoms with Crippen LogP contribution in [0.3, 0.4) is 0 Å². The molecule has 2 saturated heterocycles. The molecule has 2 aliphatic heterocycles. The molecule has 5 aromatic rings. The normalized spacial score (nSPS) is 16.8. The molecular formula is C59H80ClF3N8O5S2. The Bertz CT molecular complexity index is 2730. The molecule has 19 heteroatoms. The highest BCUT2D eigenvalue weighted by Crippen LogP contribution is 2.44. The van der Waals surface area contributed by atoms with Gasteiger partial charge in [0.05, 0.1) is 22.3 Å². The molecule has 4 heterocycles. The third-order valence-electron chi connectivity index (χ3n) is 14.2. The predicted octanol–water partition coefficient (Wildman–Crippen LogP) is 13.1. The molecule has 2 fully saturated rings. The van der Waals surface area contributed by atoms with Gasteiger partial charge in [-0.05, 0) is 154 Å². The van der Waals surface area contributed by atoms with Gasteiger partial charge in [-0.15, -0.1) is 0 Å². The fourth-order valence-corrected chi connectivity index (χ4v) is 11.7. The zero-order valence-corrected chi connectivity index (χ0v) is 48.7. The van der Waals surface area contributed by atoms with E-state index >= 15 is 0 Å². The van der Waals surface area contributed by atoms with Crippen LogP contribution >= 0.6 is 23.5 Å². The standard InChI is InChI=1S/C55H68ClF3N8O4S2.C2H6O.C2H6/c1-54(2)20-18-42(48(37-54)40-10-12-43(56)13-11-40)39-66-29-31-67(32-30-66)44-14-16-47(50(35-44)71-45-34-41-19-22-61-52(41)62-38-45)53(69)63-72-46-15-17-49(51(36-46)73(70)55(57,58)59)60-21-8-24-65-26-9-25-64(27-28-65)23-6-4-3-5-7-33-68;1-3-2;1-2/h10-17,19,22,33-36,38,60H,3-9,18,20-21,23-32,37,39H2,1-2H3,(H,61,62)(H,63,69);1-2H3;1-2H3. The molecule has 0 bridgehead atoms. The fourth-order valence-electron chi connectivity index (χ4n) is 10.0. The van der Waals surface area contributed by atoms with Crippen LogP contribution in [-0.4, -0.2) is 139 Å². The minimum absolute atomic E-state index is 0.138. The second kappa shape index (κ2) is 31.2. The molecule has 8 rings (SSSR count). The molecule has 1 amide bonds. The summed E-state index contributed by atoms with van der Waals surface area (Å²) in [7, 11) is -0.0635. The number of aromatic nitrogens is 2. The summed E-state index contributed by atoms with van der Waals surface area (Å²) in [5.41, 5.74) is 1.34. The third kappa shape index (κ3) is 18.8. The summed E-state index contributed by atoms with van der Waals surface area (Å²) >= 11 is 7.11. The first-order valence-electron chi connectivity index (χ1n) is 27.4. The van der Waals surface area contributed by atoms with Gasteiger partial charge in [-0.2, -0.15) is 13.2 Å². The summed E-state index contributed by atoms with van der Waals surface area (Å²) in [6, 6.07) is 21.7. The predicted molar refractivity (Wildman–Crippen MR) is 314 cm³/mol. The second-order valence-corrected chi connectivity index (χ2v) is 23.3. The second-order valence-electron chi connectivity index (χ2n) is 20.6. The number of benzene rings is 3. The van der Waals surface area contributed by atoms with Crippen LogP contribution in [0.1, 0.15) is 108 Å². The first kappa shape index (κ1) is 62.3. The van der Waals surface area contributed by atoms with Gasteiger partial charge in [0.2, 0.25) is 0 Å². The summed E-state index contributed by atoms with van der Waals surface area (Å²) in [6.45, 7) is 18.9. The maximum atomic E-state index is 14.1. The van der Waals surface area contributed by atoms with Crippen molar-refractivity contribution in [3.8, 4) is 11.5 Å². The minimum atomic E-state index is -4.98. The van der Waals surface area contributed by atoms with Crippen molar-refractivity contribution in [1.29, 1.82) is 0 Å². The molecule has 13 nitrogen and oxygen atoms in total. The molecule has 0 saturated carbocycles. The lowest BCUT2D eigenvalue weighted by Crippen LogP contribution is -2.47. The molecule has 0 spiro atoms. The van der Waals surface area contributed by atoms with Crippen LogP contribution in [0.5, 0.6) is 11.5 Å². The number of anilines is 2. The number of carbonyl (C=O) groups excluding carboxylic acids is 2. The average Bonchev–Trinajstić information content (AvgIpc) is 3.84. The van der Waals surface area contributed by atoms with Crippen molar-refractivity contribution in [1.82, 2.24) is 29.4 Å². The Balaban J connectivity index is 0.00000190. The van der Waals surface area contributed by atoms with E-state index in [0.717, 1.165) is 158 Å². The number of alkyl halides is 3. The average molecular weight is 1140 g/mol. The smallest absolute Gasteiger partial charge is 0.455 e. The summed E-state index contributed by atoms with van der Waals surface area (Å²) in [5.74, 6) is 0.213. The number of amides is 1. The molecule has 3 N–H and O–H groups in total. The lowest BCUT2D eigenvalue weighted by Gasteiger charge is -2.39. The number of nitrogens with one attached hydrogen (secondary N) is 3. The van der Waals surface area contributed by atoms with Gasteiger partial charge in [-0.25, -0.2) is 9.19 Å². The van der Waals surface area contributed by atoms with Gasteiger partial charge in [0.25, 0.3) is 5.91 Å². The number of methoxy groups -OCH3 is 1.